The molecule has 1 aliphatic heterocycles. The molecule has 1 aromatic carbocycles. The molecule has 7 nitrogen and oxygen atoms in total. The lowest BCUT2D eigenvalue weighted by Gasteiger charge is -2.24. The van der Waals surface area contributed by atoms with Gasteiger partial charge in [0.15, 0.2) is 0 Å². The Morgan fingerprint density at radius 1 is 1.17 bits per heavy atom. The molecule has 3 heterocycles. The molecule has 0 atom stereocenters. The molecule has 7 heteroatoms. The van der Waals surface area contributed by atoms with E-state index >= 15 is 0 Å². The van der Waals surface area contributed by atoms with Crippen LogP contribution in [0.25, 0.3) is 11.1 Å². The van der Waals surface area contributed by atoms with Crippen LogP contribution in [0.5, 0.6) is 0 Å². The topological polar surface area (TPSA) is 75.1 Å². The molecule has 0 spiro atoms. The van der Waals surface area contributed by atoms with Crippen LogP contribution in [0.3, 0.4) is 0 Å². The molecule has 0 amide bonds. The number of aryl methyl sites for hydroxylation is 1. The zero-order valence-electron chi connectivity index (χ0n) is 16.8. The SMILES string of the molecule is CN(c1cc(-c2ccccc2)c(=O)n(C)c1)c1ccnc(NC2CCNCC2)n1. The molecular weight excluding hydrogens is 364 g/mol. The maximum absolute atomic E-state index is 12.7. The van der Waals surface area contributed by atoms with Crippen LogP contribution in [0.1, 0.15) is 12.8 Å². The molecule has 2 aromatic heterocycles. The minimum atomic E-state index is -0.0238. The number of hydrogen-bond donors (Lipinski definition) is 2. The van der Waals surface area contributed by atoms with Crippen molar-refractivity contribution in [2.45, 2.75) is 18.9 Å². The van der Waals surface area contributed by atoms with Gasteiger partial charge in [-0.2, -0.15) is 4.98 Å². The van der Waals surface area contributed by atoms with Gasteiger partial charge < -0.3 is 20.1 Å². The standard InChI is InChI=1S/C22H26N6O/c1-27-15-18(14-19(21(27)29)16-6-4-3-5-7-16)28(2)20-10-13-24-22(26-20)25-17-8-11-23-12-9-17/h3-7,10,13-15,17,23H,8-9,11-12H2,1-2H3,(H,24,25,26). The lowest BCUT2D eigenvalue weighted by molar-refractivity contribution is 0.477. The normalized spacial score (nSPS) is 14.6. The fourth-order valence-electron chi connectivity index (χ4n) is 3.59. The van der Waals surface area contributed by atoms with Crippen molar-refractivity contribution >= 4 is 17.5 Å². The highest BCUT2D eigenvalue weighted by molar-refractivity contribution is 5.70. The van der Waals surface area contributed by atoms with Crippen molar-refractivity contribution in [1.29, 1.82) is 0 Å². The van der Waals surface area contributed by atoms with E-state index < -0.39 is 0 Å². The first kappa shape index (κ1) is 19.1. The van der Waals surface area contributed by atoms with Crippen LogP contribution in [-0.2, 0) is 7.05 Å². The Kier molecular flexibility index (Phi) is 5.57. The minimum Gasteiger partial charge on any atom is -0.351 e. The lowest BCUT2D eigenvalue weighted by Crippen LogP contribution is -2.35. The molecule has 1 fully saturated rings. The third-order valence-electron chi connectivity index (χ3n) is 5.30. The zero-order valence-corrected chi connectivity index (χ0v) is 16.8. The first-order valence-corrected chi connectivity index (χ1v) is 9.92. The van der Waals surface area contributed by atoms with Gasteiger partial charge >= 0.3 is 0 Å². The molecule has 0 bridgehead atoms. The molecular formula is C22H26N6O. The summed E-state index contributed by atoms with van der Waals surface area (Å²) in [6, 6.07) is 13.9. The number of piperidine rings is 1. The molecule has 1 saturated heterocycles. The summed E-state index contributed by atoms with van der Waals surface area (Å²) >= 11 is 0. The number of pyridine rings is 1. The predicted molar refractivity (Wildman–Crippen MR) is 117 cm³/mol. The molecule has 2 N–H and O–H groups in total. The first-order valence-electron chi connectivity index (χ1n) is 9.92. The van der Waals surface area contributed by atoms with E-state index in [1.54, 1.807) is 17.8 Å². The Bertz CT molecular complexity index is 1030. The van der Waals surface area contributed by atoms with Crippen LogP contribution in [0, 0.1) is 0 Å². The van der Waals surface area contributed by atoms with E-state index in [-0.39, 0.29) is 5.56 Å². The van der Waals surface area contributed by atoms with E-state index in [0.29, 0.717) is 17.6 Å². The van der Waals surface area contributed by atoms with Gasteiger partial charge in [0.1, 0.15) is 5.82 Å². The van der Waals surface area contributed by atoms with Crippen molar-refractivity contribution in [2.75, 3.05) is 30.4 Å². The van der Waals surface area contributed by atoms with Crippen LogP contribution in [0.15, 0.2) is 59.7 Å². The second kappa shape index (κ2) is 8.45. The average molecular weight is 390 g/mol. The highest BCUT2D eigenvalue weighted by atomic mass is 16.1. The highest BCUT2D eigenvalue weighted by Gasteiger charge is 2.16. The number of anilines is 3. The third kappa shape index (κ3) is 4.30. The van der Waals surface area contributed by atoms with Crippen molar-refractivity contribution in [3.8, 4) is 11.1 Å². The van der Waals surface area contributed by atoms with Crippen molar-refractivity contribution < 1.29 is 0 Å². The van der Waals surface area contributed by atoms with Crippen molar-refractivity contribution in [2.24, 2.45) is 7.05 Å². The van der Waals surface area contributed by atoms with Crippen LogP contribution < -0.4 is 21.1 Å². The number of rotatable bonds is 5. The van der Waals surface area contributed by atoms with E-state index in [2.05, 4.69) is 15.6 Å². The molecule has 0 aliphatic carbocycles. The lowest BCUT2D eigenvalue weighted by atomic mass is 10.1. The van der Waals surface area contributed by atoms with E-state index in [1.807, 2.05) is 60.6 Å². The largest absolute Gasteiger partial charge is 0.351 e. The van der Waals surface area contributed by atoms with Crippen molar-refractivity contribution in [3.63, 3.8) is 0 Å². The Balaban J connectivity index is 1.63. The predicted octanol–water partition coefficient (Wildman–Crippen LogP) is 2.77. The van der Waals surface area contributed by atoms with Gasteiger partial charge in [-0.25, -0.2) is 4.98 Å². The van der Waals surface area contributed by atoms with Crippen LogP contribution in [0.4, 0.5) is 17.5 Å². The summed E-state index contributed by atoms with van der Waals surface area (Å²) in [7, 11) is 3.72. The first-order chi connectivity index (χ1) is 14.1. The molecule has 29 heavy (non-hydrogen) atoms. The molecule has 0 radical (unpaired) electrons. The maximum Gasteiger partial charge on any atom is 0.258 e. The van der Waals surface area contributed by atoms with Gasteiger partial charge in [0, 0.05) is 38.1 Å². The molecule has 3 aromatic rings. The summed E-state index contributed by atoms with van der Waals surface area (Å²) in [5.74, 6) is 1.41. The Hall–Kier alpha value is -3.19. The summed E-state index contributed by atoms with van der Waals surface area (Å²) < 4.78 is 1.61. The summed E-state index contributed by atoms with van der Waals surface area (Å²) in [5, 5.41) is 6.80. The number of nitrogens with one attached hydrogen (secondary N) is 2. The summed E-state index contributed by atoms with van der Waals surface area (Å²) in [6.45, 7) is 2.02. The summed E-state index contributed by atoms with van der Waals surface area (Å²) in [5.41, 5.74) is 2.43. The monoisotopic (exact) mass is 390 g/mol. The minimum absolute atomic E-state index is 0.0238. The van der Waals surface area contributed by atoms with Gasteiger partial charge in [-0.1, -0.05) is 30.3 Å². The van der Waals surface area contributed by atoms with Gasteiger partial charge in [-0.15, -0.1) is 0 Å². The number of hydrogen-bond acceptors (Lipinski definition) is 6. The second-order valence-electron chi connectivity index (χ2n) is 7.36. The Labute approximate surface area is 170 Å². The van der Waals surface area contributed by atoms with Gasteiger partial charge in [0.25, 0.3) is 5.56 Å². The van der Waals surface area contributed by atoms with Gasteiger partial charge in [0.05, 0.1) is 5.69 Å². The number of aromatic nitrogens is 3. The molecule has 0 saturated carbocycles. The van der Waals surface area contributed by atoms with Crippen molar-refractivity contribution in [1.82, 2.24) is 19.9 Å². The number of nitrogens with zero attached hydrogens (tertiary/aromatic N) is 4. The molecule has 150 valence electrons. The Morgan fingerprint density at radius 3 is 2.69 bits per heavy atom. The average Bonchev–Trinajstić information content (AvgIpc) is 2.76. The molecule has 1 aliphatic rings. The van der Waals surface area contributed by atoms with Crippen LogP contribution in [0.2, 0.25) is 0 Å². The number of benzene rings is 1. The van der Waals surface area contributed by atoms with Crippen LogP contribution >= 0.6 is 0 Å². The maximum atomic E-state index is 12.7. The second-order valence-corrected chi connectivity index (χ2v) is 7.36. The smallest absolute Gasteiger partial charge is 0.258 e. The van der Waals surface area contributed by atoms with Gasteiger partial charge in [0.2, 0.25) is 5.95 Å². The Morgan fingerprint density at radius 2 is 1.93 bits per heavy atom. The summed E-state index contributed by atoms with van der Waals surface area (Å²) in [6.07, 6.45) is 5.72. The quantitative estimate of drug-likeness (QED) is 0.698. The van der Waals surface area contributed by atoms with E-state index in [9.17, 15) is 4.79 Å². The van der Waals surface area contributed by atoms with E-state index in [4.69, 9.17) is 4.98 Å². The van der Waals surface area contributed by atoms with Crippen LogP contribution in [-0.4, -0.2) is 40.7 Å². The zero-order chi connectivity index (χ0) is 20.2. The summed E-state index contributed by atoms with van der Waals surface area (Å²) in [4.78, 5) is 23.7. The fraction of sp³-hybridized carbons (Fsp3) is 0.318. The van der Waals surface area contributed by atoms with Gasteiger partial charge in [-0.05, 0) is 43.6 Å². The third-order valence-corrected chi connectivity index (χ3v) is 5.30. The van der Waals surface area contributed by atoms with Crippen molar-refractivity contribution in [3.05, 3.63) is 65.2 Å². The van der Waals surface area contributed by atoms with E-state index in [0.717, 1.165) is 43.0 Å². The van der Waals surface area contributed by atoms with Gasteiger partial charge in [-0.3, -0.25) is 4.79 Å². The molecule has 4 rings (SSSR count). The molecule has 0 unspecified atom stereocenters. The fourth-order valence-corrected chi connectivity index (χ4v) is 3.59. The highest BCUT2D eigenvalue weighted by Crippen LogP contribution is 2.25. The van der Waals surface area contributed by atoms with E-state index in [1.165, 1.54) is 0 Å².